The zero-order valence-corrected chi connectivity index (χ0v) is 12.4. The van der Waals surface area contributed by atoms with Crippen LogP contribution in [0.25, 0.3) is 6.08 Å². The Morgan fingerprint density at radius 2 is 1.92 bits per heavy atom. The maximum Gasteiger partial charge on any atom is 2.00 e. The van der Waals surface area contributed by atoms with Crippen LogP contribution in [-0.2, 0) is 26.2 Å². The molecule has 0 unspecified atom stereocenters. The van der Waals surface area contributed by atoms with Gasteiger partial charge >= 0.3 is 23.1 Å². The molecule has 0 saturated carbocycles. The molecule has 2 rings (SSSR count). The molecule has 1 aliphatic heterocycles. The van der Waals surface area contributed by atoms with Gasteiger partial charge in [0.15, 0.2) is 0 Å². The van der Waals surface area contributed by atoms with E-state index in [-0.39, 0.29) is 69.5 Å². The Labute approximate surface area is 127 Å². The standard InChI is InChI=1S/C9H8O.Al.Mg.Zr.2H/c1-2-6-9-8(4-1)5-3-7-10-9;;;;;/h1-6H,7H2;;;;;/q;;+2;;2*-1. The van der Waals surface area contributed by atoms with Crippen molar-refractivity contribution in [2.24, 2.45) is 0 Å². The topological polar surface area (TPSA) is 9.23 Å². The second kappa shape index (κ2) is 8.27. The van der Waals surface area contributed by atoms with Gasteiger partial charge in [0.25, 0.3) is 0 Å². The number of fused-ring (bicyclic) bond motifs is 1. The molecular formula is C9H10AlMgOZr. The van der Waals surface area contributed by atoms with Gasteiger partial charge in [-0.3, -0.25) is 0 Å². The predicted molar refractivity (Wildman–Crippen MR) is 54.7 cm³/mol. The van der Waals surface area contributed by atoms with E-state index in [4.69, 9.17) is 4.74 Å². The number of hydrogen-bond donors (Lipinski definition) is 0. The van der Waals surface area contributed by atoms with Gasteiger partial charge in [-0.15, -0.1) is 0 Å². The Bertz CT molecular complexity index is 287. The van der Waals surface area contributed by atoms with Crippen LogP contribution in [0.4, 0.5) is 0 Å². The van der Waals surface area contributed by atoms with Gasteiger partial charge in [-0.05, 0) is 12.1 Å². The van der Waals surface area contributed by atoms with Crippen molar-refractivity contribution in [2.45, 2.75) is 0 Å². The zero-order valence-electron chi connectivity index (χ0n) is 9.36. The molecule has 1 heterocycles. The Hall–Kier alpha value is 0.942. The largest absolute Gasteiger partial charge is 2.00 e. The van der Waals surface area contributed by atoms with Gasteiger partial charge in [-0.2, -0.15) is 0 Å². The first kappa shape index (κ1) is 16.4. The van der Waals surface area contributed by atoms with E-state index in [1.807, 2.05) is 30.3 Å². The number of ether oxygens (including phenoxy) is 1. The molecule has 61 valence electrons. The molecule has 0 aliphatic carbocycles. The fraction of sp³-hybridized carbons (Fsp3) is 0.111. The Balaban J connectivity index is -0.000000121. The summed E-state index contributed by atoms with van der Waals surface area (Å²) in [5.74, 6) is 0.991. The monoisotopic (exact) mass is 275 g/mol. The maximum atomic E-state index is 5.34. The molecule has 0 spiro atoms. The van der Waals surface area contributed by atoms with E-state index in [1.54, 1.807) is 0 Å². The molecule has 0 N–H and O–H groups in total. The fourth-order valence-electron chi connectivity index (χ4n) is 1.06. The van der Waals surface area contributed by atoms with Crippen LogP contribution >= 0.6 is 0 Å². The minimum atomic E-state index is 0. The van der Waals surface area contributed by atoms with Gasteiger partial charge in [-0.1, -0.05) is 24.3 Å². The summed E-state index contributed by atoms with van der Waals surface area (Å²) in [6.45, 7) is 0.705. The molecule has 4 heteroatoms. The van der Waals surface area contributed by atoms with Crippen LogP contribution in [0.2, 0.25) is 0 Å². The molecular weight excluding hydrogens is 267 g/mol. The summed E-state index contributed by atoms with van der Waals surface area (Å²) in [5, 5.41) is 0. The number of rotatable bonds is 0. The van der Waals surface area contributed by atoms with Crippen LogP contribution in [0.1, 0.15) is 8.42 Å². The second-order valence-electron chi connectivity index (χ2n) is 2.25. The summed E-state index contributed by atoms with van der Waals surface area (Å²) in [6, 6.07) is 8.03. The van der Waals surface area contributed by atoms with E-state index >= 15 is 0 Å². The van der Waals surface area contributed by atoms with E-state index in [0.29, 0.717) is 6.61 Å². The third-order valence-electron chi connectivity index (χ3n) is 1.55. The number of benzene rings is 1. The predicted octanol–water partition coefficient (Wildman–Crippen LogP) is 1.55. The third kappa shape index (κ3) is 4.32. The molecule has 1 aromatic carbocycles. The van der Waals surface area contributed by atoms with Crippen molar-refractivity contribution in [1.82, 2.24) is 0 Å². The van der Waals surface area contributed by atoms with Crippen LogP contribution in [0, 0.1) is 0 Å². The SMILES string of the molecule is C1=Cc2ccccc2OC1.[Al].[H-].[H-].[Mg+2].[Zr]. The van der Waals surface area contributed by atoms with Crippen molar-refractivity contribution in [3.05, 3.63) is 35.9 Å². The zero-order chi connectivity index (χ0) is 6.81. The molecule has 0 amide bonds. The van der Waals surface area contributed by atoms with Crippen molar-refractivity contribution in [1.29, 1.82) is 0 Å². The number of para-hydroxylation sites is 1. The normalized spacial score (nSPS) is 10.8. The van der Waals surface area contributed by atoms with Crippen molar-refractivity contribution < 1.29 is 33.8 Å². The Morgan fingerprint density at radius 1 is 1.23 bits per heavy atom. The summed E-state index contributed by atoms with van der Waals surface area (Å²) in [6.07, 6.45) is 4.10. The van der Waals surface area contributed by atoms with E-state index in [9.17, 15) is 0 Å². The van der Waals surface area contributed by atoms with E-state index in [1.165, 1.54) is 5.56 Å². The van der Waals surface area contributed by atoms with E-state index in [2.05, 4.69) is 6.08 Å². The molecule has 0 saturated heterocycles. The summed E-state index contributed by atoms with van der Waals surface area (Å²) in [7, 11) is 0. The van der Waals surface area contributed by atoms with Gasteiger partial charge in [0, 0.05) is 49.1 Å². The Morgan fingerprint density at radius 3 is 2.62 bits per heavy atom. The van der Waals surface area contributed by atoms with Crippen LogP contribution in [-0.4, -0.2) is 47.0 Å². The fourth-order valence-corrected chi connectivity index (χ4v) is 1.06. The van der Waals surface area contributed by atoms with Crippen LogP contribution in [0.5, 0.6) is 5.75 Å². The van der Waals surface area contributed by atoms with Gasteiger partial charge in [0.1, 0.15) is 12.4 Å². The molecule has 0 bridgehead atoms. The van der Waals surface area contributed by atoms with Crippen LogP contribution < -0.4 is 4.74 Å². The first-order valence-electron chi connectivity index (χ1n) is 3.35. The van der Waals surface area contributed by atoms with Crippen LogP contribution in [0.3, 0.4) is 0 Å². The molecule has 1 aromatic rings. The molecule has 0 aromatic heterocycles. The summed E-state index contributed by atoms with van der Waals surface area (Å²) >= 11 is 0. The summed E-state index contributed by atoms with van der Waals surface area (Å²) < 4.78 is 5.34. The maximum absolute atomic E-state index is 5.34. The van der Waals surface area contributed by atoms with Gasteiger partial charge in [0.2, 0.25) is 0 Å². The van der Waals surface area contributed by atoms with Crippen LogP contribution in [0.15, 0.2) is 30.3 Å². The molecule has 3 radical (unpaired) electrons. The first-order valence-corrected chi connectivity index (χ1v) is 3.35. The average Bonchev–Trinajstić information content (AvgIpc) is 2.05. The van der Waals surface area contributed by atoms with E-state index < -0.39 is 0 Å². The minimum Gasteiger partial charge on any atom is -1.00 e. The molecule has 1 nitrogen and oxygen atoms in total. The van der Waals surface area contributed by atoms with E-state index in [0.717, 1.165) is 5.75 Å². The molecule has 0 atom stereocenters. The molecule has 1 aliphatic rings. The molecule has 13 heavy (non-hydrogen) atoms. The quantitative estimate of drug-likeness (QED) is 0.654. The van der Waals surface area contributed by atoms with Gasteiger partial charge < -0.3 is 7.59 Å². The minimum absolute atomic E-state index is 0. The van der Waals surface area contributed by atoms with Crippen molar-refractivity contribution in [3.8, 4) is 5.75 Å². The second-order valence-corrected chi connectivity index (χ2v) is 2.25. The third-order valence-corrected chi connectivity index (χ3v) is 1.55. The average molecular weight is 277 g/mol. The van der Waals surface area contributed by atoms with Crippen molar-refractivity contribution in [3.63, 3.8) is 0 Å². The number of hydrogen-bond acceptors (Lipinski definition) is 1. The Kier molecular flexibility index (Phi) is 10.4. The van der Waals surface area contributed by atoms with Crippen molar-refractivity contribution >= 4 is 46.5 Å². The first-order chi connectivity index (χ1) is 4.97. The molecule has 0 fully saturated rings. The summed E-state index contributed by atoms with van der Waals surface area (Å²) in [4.78, 5) is 0. The van der Waals surface area contributed by atoms with Gasteiger partial charge in [0.05, 0.1) is 0 Å². The summed E-state index contributed by atoms with van der Waals surface area (Å²) in [5.41, 5.74) is 1.17. The van der Waals surface area contributed by atoms with Gasteiger partial charge in [-0.25, -0.2) is 0 Å². The smallest absolute Gasteiger partial charge is 1.00 e. The van der Waals surface area contributed by atoms with Crippen molar-refractivity contribution in [2.75, 3.05) is 6.61 Å².